The van der Waals surface area contributed by atoms with Gasteiger partial charge in [-0.15, -0.1) is 0 Å². The van der Waals surface area contributed by atoms with Gasteiger partial charge in [-0.25, -0.2) is 9.59 Å². The fourth-order valence-corrected chi connectivity index (χ4v) is 1.82. The van der Waals surface area contributed by atoms with Crippen LogP contribution >= 0.6 is 0 Å². The van der Waals surface area contributed by atoms with Crippen LogP contribution in [0.4, 0.5) is 0 Å². The molecular formula is C10H11NaO8S. The molecular weight excluding hydrogens is 303 g/mol. The number of carboxylic acid groups (broad SMARTS) is 1. The van der Waals surface area contributed by atoms with E-state index in [9.17, 15) is 23.1 Å². The number of carbonyl (C=O) groups excluding carboxylic acids is 1. The minimum absolute atomic E-state index is 0. The molecule has 0 bridgehead atoms. The van der Waals surface area contributed by atoms with Gasteiger partial charge in [-0.3, -0.25) is 4.55 Å². The summed E-state index contributed by atoms with van der Waals surface area (Å²) >= 11 is 0. The zero-order valence-corrected chi connectivity index (χ0v) is 13.5. The van der Waals surface area contributed by atoms with E-state index in [0.717, 1.165) is 0 Å². The van der Waals surface area contributed by atoms with Gasteiger partial charge in [0, 0.05) is 0 Å². The Morgan fingerprint density at radius 3 is 2.20 bits per heavy atom. The van der Waals surface area contributed by atoms with Gasteiger partial charge in [-0.05, 0) is 19.1 Å². The number of phenols is 1. The van der Waals surface area contributed by atoms with Crippen molar-refractivity contribution in [3.8, 4) is 5.75 Å². The summed E-state index contributed by atoms with van der Waals surface area (Å²) in [5.41, 5.74) is -1.49. The van der Waals surface area contributed by atoms with E-state index in [4.69, 9.17) is 9.66 Å². The van der Waals surface area contributed by atoms with E-state index >= 15 is 0 Å². The van der Waals surface area contributed by atoms with Crippen LogP contribution in [0.3, 0.4) is 0 Å². The van der Waals surface area contributed by atoms with Crippen molar-refractivity contribution < 1.29 is 68.5 Å². The molecule has 0 unspecified atom stereocenters. The van der Waals surface area contributed by atoms with E-state index in [1.807, 2.05) is 0 Å². The Morgan fingerprint density at radius 2 is 1.80 bits per heavy atom. The van der Waals surface area contributed by atoms with Gasteiger partial charge in [0.05, 0.1) is 11.5 Å². The van der Waals surface area contributed by atoms with Crippen molar-refractivity contribution in [1.29, 1.82) is 0 Å². The average molecular weight is 314 g/mol. The summed E-state index contributed by atoms with van der Waals surface area (Å²) < 4.78 is 35.4. The van der Waals surface area contributed by atoms with Crippen molar-refractivity contribution in [1.82, 2.24) is 0 Å². The maximum atomic E-state index is 11.5. The molecule has 0 radical (unpaired) electrons. The monoisotopic (exact) mass is 314 g/mol. The molecule has 0 atom stereocenters. The summed E-state index contributed by atoms with van der Waals surface area (Å²) in [6.45, 7) is 1.41. The predicted molar refractivity (Wildman–Crippen MR) is 61.9 cm³/mol. The summed E-state index contributed by atoms with van der Waals surface area (Å²) in [4.78, 5) is 21.5. The van der Waals surface area contributed by atoms with Crippen molar-refractivity contribution in [3.63, 3.8) is 0 Å². The molecule has 0 fully saturated rings. The zero-order valence-electron chi connectivity index (χ0n) is 11.7. The van der Waals surface area contributed by atoms with Crippen molar-refractivity contribution in [2.75, 3.05) is 6.61 Å². The fraction of sp³-hybridized carbons (Fsp3) is 0.200. The van der Waals surface area contributed by atoms with Crippen LogP contribution in [0.1, 0.15) is 29.1 Å². The van der Waals surface area contributed by atoms with Gasteiger partial charge in [0.2, 0.25) is 0 Å². The fourth-order valence-electron chi connectivity index (χ4n) is 1.28. The number of aromatic carboxylic acids is 1. The Hall–Kier alpha value is -1.13. The molecule has 1 aromatic carbocycles. The Labute approximate surface area is 137 Å². The molecule has 0 saturated carbocycles. The van der Waals surface area contributed by atoms with Crippen LogP contribution in [-0.4, -0.2) is 41.7 Å². The minimum Gasteiger partial charge on any atom is -1.00 e. The predicted octanol–water partition coefficient (Wildman–Crippen LogP) is -2.37. The molecule has 0 aliphatic heterocycles. The Morgan fingerprint density at radius 1 is 1.30 bits per heavy atom. The van der Waals surface area contributed by atoms with Gasteiger partial charge in [0.15, 0.2) is 0 Å². The first-order valence-corrected chi connectivity index (χ1v) is 6.37. The van der Waals surface area contributed by atoms with E-state index in [-0.39, 0.29) is 37.6 Å². The number of benzene rings is 1. The second-order valence-corrected chi connectivity index (χ2v) is 4.79. The van der Waals surface area contributed by atoms with Gasteiger partial charge in [-0.2, -0.15) is 8.42 Å². The number of rotatable bonds is 4. The Bertz CT molecular complexity index is 643. The number of hydrogen-bond acceptors (Lipinski definition) is 6. The normalized spacial score (nSPS) is 10.5. The molecule has 0 aliphatic carbocycles. The molecule has 0 amide bonds. The van der Waals surface area contributed by atoms with Crippen LogP contribution in [-0.2, 0) is 14.9 Å². The zero-order chi connectivity index (χ0) is 14.8. The number of carbonyl (C=O) groups is 2. The third-order valence-corrected chi connectivity index (χ3v) is 2.94. The molecule has 1 aromatic rings. The molecule has 10 heteroatoms. The quantitative estimate of drug-likeness (QED) is 0.318. The van der Waals surface area contributed by atoms with E-state index in [0.29, 0.717) is 12.1 Å². The standard InChI is InChI=1S/C10H10O8S.Na.H/c1-2-18-10(14)7-4-5(19(15,16)17)3-6(8(7)11)9(12)13;;/h3-4,11H,2H2,1H3,(H,12,13)(H,15,16,17);;/q;+1;-1. The van der Waals surface area contributed by atoms with Crippen LogP contribution in [0.25, 0.3) is 0 Å². The molecule has 1 rings (SSSR count). The van der Waals surface area contributed by atoms with Crippen molar-refractivity contribution >= 4 is 22.1 Å². The molecule has 0 aromatic heterocycles. The summed E-state index contributed by atoms with van der Waals surface area (Å²) in [6.07, 6.45) is 0. The molecule has 8 nitrogen and oxygen atoms in total. The number of carboxylic acids is 1. The van der Waals surface area contributed by atoms with Gasteiger partial charge >= 0.3 is 41.5 Å². The summed E-state index contributed by atoms with van der Waals surface area (Å²) in [5, 5.41) is 18.4. The van der Waals surface area contributed by atoms with E-state index in [2.05, 4.69) is 4.74 Å². The molecule has 0 saturated heterocycles. The maximum Gasteiger partial charge on any atom is 1.00 e. The first-order chi connectivity index (χ1) is 8.68. The summed E-state index contributed by atoms with van der Waals surface area (Å²) in [7, 11) is -4.73. The maximum absolute atomic E-state index is 11.5. The average Bonchev–Trinajstić information content (AvgIpc) is 2.27. The molecule has 106 valence electrons. The first-order valence-electron chi connectivity index (χ1n) is 4.93. The van der Waals surface area contributed by atoms with Crippen LogP contribution in [0.5, 0.6) is 5.75 Å². The van der Waals surface area contributed by atoms with Gasteiger partial charge in [-0.1, -0.05) is 0 Å². The summed E-state index contributed by atoms with van der Waals surface area (Å²) in [6, 6.07) is 1.17. The van der Waals surface area contributed by atoms with Gasteiger partial charge in [0.25, 0.3) is 10.1 Å². The Balaban J connectivity index is 0. The van der Waals surface area contributed by atoms with E-state index in [1.54, 1.807) is 0 Å². The van der Waals surface area contributed by atoms with E-state index < -0.39 is 43.8 Å². The van der Waals surface area contributed by atoms with E-state index in [1.165, 1.54) is 6.92 Å². The van der Waals surface area contributed by atoms with Gasteiger partial charge in [0.1, 0.15) is 16.9 Å². The first kappa shape index (κ1) is 18.9. The number of aromatic hydroxyl groups is 1. The van der Waals surface area contributed by atoms with Crippen LogP contribution < -0.4 is 29.6 Å². The van der Waals surface area contributed by atoms with Crippen LogP contribution in [0.2, 0.25) is 0 Å². The van der Waals surface area contributed by atoms with Crippen molar-refractivity contribution in [2.45, 2.75) is 11.8 Å². The third-order valence-electron chi connectivity index (χ3n) is 2.11. The van der Waals surface area contributed by atoms with Crippen molar-refractivity contribution in [3.05, 3.63) is 23.3 Å². The number of ether oxygens (including phenoxy) is 1. The van der Waals surface area contributed by atoms with Crippen LogP contribution in [0.15, 0.2) is 17.0 Å². The third kappa shape index (κ3) is 4.18. The Kier molecular flexibility index (Phi) is 6.65. The largest absolute Gasteiger partial charge is 1.00 e. The SMILES string of the molecule is CCOC(=O)c1cc(S(=O)(=O)O)cc(C(=O)O)c1O.[H-].[Na+]. The number of hydrogen-bond donors (Lipinski definition) is 3. The number of esters is 1. The topological polar surface area (TPSA) is 138 Å². The molecule has 3 N–H and O–H groups in total. The second kappa shape index (κ2) is 7.04. The molecule has 20 heavy (non-hydrogen) atoms. The minimum atomic E-state index is -4.73. The molecule has 0 aliphatic rings. The second-order valence-electron chi connectivity index (χ2n) is 3.37. The molecule has 0 spiro atoms. The van der Waals surface area contributed by atoms with Gasteiger partial charge < -0.3 is 16.4 Å². The molecule has 0 heterocycles. The summed E-state index contributed by atoms with van der Waals surface area (Å²) in [5.74, 6) is -3.69. The van der Waals surface area contributed by atoms with Crippen molar-refractivity contribution in [2.24, 2.45) is 0 Å². The smallest absolute Gasteiger partial charge is 1.00 e. The van der Waals surface area contributed by atoms with Crippen LogP contribution in [0, 0.1) is 0 Å².